The molecule has 0 atom stereocenters. The van der Waals surface area contributed by atoms with Crippen LogP contribution in [0.4, 0.5) is 11.4 Å². The van der Waals surface area contributed by atoms with E-state index in [1.165, 1.54) is 27.8 Å². The molecule has 180 valence electrons. The van der Waals surface area contributed by atoms with Crippen molar-refractivity contribution in [1.29, 1.82) is 5.26 Å². The highest BCUT2D eigenvalue weighted by Crippen LogP contribution is 2.37. The van der Waals surface area contributed by atoms with Gasteiger partial charge in [-0.05, 0) is 123 Å². The van der Waals surface area contributed by atoms with Crippen LogP contribution in [0.3, 0.4) is 0 Å². The quantitative estimate of drug-likeness (QED) is 0.290. The Morgan fingerprint density at radius 2 is 1.08 bits per heavy atom. The summed E-state index contributed by atoms with van der Waals surface area (Å²) in [4.78, 5) is 2.30. The van der Waals surface area contributed by atoms with Gasteiger partial charge in [0.15, 0.2) is 0 Å². The molecule has 4 aromatic rings. The number of aryl methyl sites for hydroxylation is 5. The molecule has 0 aromatic heterocycles. The van der Waals surface area contributed by atoms with Gasteiger partial charge in [0.25, 0.3) is 0 Å². The van der Waals surface area contributed by atoms with Crippen molar-refractivity contribution in [3.8, 4) is 28.3 Å². The molecule has 4 aromatic carbocycles. The first-order valence-corrected chi connectivity index (χ1v) is 12.5. The van der Waals surface area contributed by atoms with Crippen LogP contribution in [0.2, 0.25) is 0 Å². The molecular formula is C34H34N2. The summed E-state index contributed by atoms with van der Waals surface area (Å²) in [5.41, 5.74) is 14.8. The van der Waals surface area contributed by atoms with E-state index in [9.17, 15) is 5.26 Å². The van der Waals surface area contributed by atoms with Crippen LogP contribution >= 0.6 is 0 Å². The Bertz CT molecular complexity index is 1520. The van der Waals surface area contributed by atoms with E-state index < -0.39 is 0 Å². The van der Waals surface area contributed by atoms with Gasteiger partial charge in [-0.1, -0.05) is 54.1 Å². The van der Waals surface area contributed by atoms with Gasteiger partial charge in [0.2, 0.25) is 0 Å². The fourth-order valence-corrected chi connectivity index (χ4v) is 4.96. The van der Waals surface area contributed by atoms with Crippen LogP contribution in [0.25, 0.3) is 22.3 Å². The first-order valence-electron chi connectivity index (χ1n) is 12.5. The monoisotopic (exact) mass is 470 g/mol. The summed E-state index contributed by atoms with van der Waals surface area (Å²) in [7, 11) is 0. The summed E-state index contributed by atoms with van der Waals surface area (Å²) in [5, 5.41) is 9.69. The highest BCUT2D eigenvalue weighted by molar-refractivity contribution is 5.80. The molecule has 2 nitrogen and oxygen atoms in total. The Hall–Kier alpha value is -4.09. The molecule has 0 unspecified atom stereocenters. The Morgan fingerprint density at radius 1 is 0.639 bits per heavy atom. The average Bonchev–Trinajstić information content (AvgIpc) is 2.85. The SMILES string of the molecule is C/C=C(\C)N(c1ccc(-c2ccc(C)cc2C)c(C)c1)c1ccc(-c2ccc(C)cc2C#N)c(C)c1. The highest BCUT2D eigenvalue weighted by atomic mass is 15.1. The smallest absolute Gasteiger partial charge is 0.0998 e. The topological polar surface area (TPSA) is 27.0 Å². The number of allylic oxidation sites excluding steroid dienone is 2. The summed E-state index contributed by atoms with van der Waals surface area (Å²) < 4.78 is 0. The number of nitriles is 1. The average molecular weight is 471 g/mol. The maximum atomic E-state index is 9.69. The van der Waals surface area contributed by atoms with Crippen LogP contribution in [-0.4, -0.2) is 0 Å². The summed E-state index contributed by atoms with van der Waals surface area (Å²) in [6.45, 7) is 14.9. The molecule has 0 aliphatic carbocycles. The van der Waals surface area contributed by atoms with Crippen molar-refractivity contribution in [1.82, 2.24) is 0 Å². The van der Waals surface area contributed by atoms with Crippen LogP contribution in [0.15, 0.2) is 84.6 Å². The molecule has 0 aliphatic heterocycles. The van der Waals surface area contributed by atoms with E-state index in [2.05, 4.69) is 125 Å². The lowest BCUT2D eigenvalue weighted by atomic mass is 9.94. The maximum Gasteiger partial charge on any atom is 0.0998 e. The predicted molar refractivity (Wildman–Crippen MR) is 154 cm³/mol. The predicted octanol–water partition coefficient (Wildman–Crippen LogP) is 9.50. The van der Waals surface area contributed by atoms with Crippen LogP contribution in [0.5, 0.6) is 0 Å². The van der Waals surface area contributed by atoms with Crippen molar-refractivity contribution >= 4 is 11.4 Å². The molecule has 0 N–H and O–H groups in total. The molecule has 36 heavy (non-hydrogen) atoms. The van der Waals surface area contributed by atoms with Gasteiger partial charge in [-0.15, -0.1) is 0 Å². The van der Waals surface area contributed by atoms with Crippen LogP contribution < -0.4 is 4.90 Å². The minimum absolute atomic E-state index is 0.713. The largest absolute Gasteiger partial charge is 0.315 e. The lowest BCUT2D eigenvalue weighted by molar-refractivity contribution is 1.14. The normalized spacial score (nSPS) is 11.3. The summed E-state index contributed by atoms with van der Waals surface area (Å²) in [6, 6.07) is 28.4. The van der Waals surface area contributed by atoms with E-state index in [1.807, 2.05) is 13.0 Å². The number of benzene rings is 4. The van der Waals surface area contributed by atoms with Crippen molar-refractivity contribution in [2.45, 2.75) is 48.5 Å². The lowest BCUT2D eigenvalue weighted by Gasteiger charge is -2.28. The number of nitrogens with zero attached hydrogens (tertiary/aromatic N) is 2. The number of anilines is 2. The van der Waals surface area contributed by atoms with Crippen molar-refractivity contribution in [3.05, 3.63) is 118 Å². The Morgan fingerprint density at radius 3 is 1.56 bits per heavy atom. The van der Waals surface area contributed by atoms with Gasteiger partial charge in [0.05, 0.1) is 11.6 Å². The van der Waals surface area contributed by atoms with Gasteiger partial charge in [-0.2, -0.15) is 5.26 Å². The van der Waals surface area contributed by atoms with Crippen LogP contribution in [0, 0.1) is 45.9 Å². The van der Waals surface area contributed by atoms with Gasteiger partial charge in [0.1, 0.15) is 0 Å². The van der Waals surface area contributed by atoms with Gasteiger partial charge < -0.3 is 4.90 Å². The number of hydrogen-bond donors (Lipinski definition) is 0. The zero-order valence-corrected chi connectivity index (χ0v) is 22.4. The summed E-state index contributed by atoms with van der Waals surface area (Å²) in [5.74, 6) is 0. The van der Waals surface area contributed by atoms with Gasteiger partial charge in [0, 0.05) is 17.1 Å². The molecule has 0 aliphatic rings. The third kappa shape index (κ3) is 4.83. The minimum Gasteiger partial charge on any atom is -0.315 e. The van der Waals surface area contributed by atoms with E-state index >= 15 is 0 Å². The second-order valence-electron chi connectivity index (χ2n) is 9.74. The first-order chi connectivity index (χ1) is 17.2. The fraction of sp³-hybridized carbons (Fsp3) is 0.206. The summed E-state index contributed by atoms with van der Waals surface area (Å²) in [6.07, 6.45) is 2.14. The van der Waals surface area contributed by atoms with Crippen LogP contribution in [0.1, 0.15) is 47.2 Å². The lowest BCUT2D eigenvalue weighted by Crippen LogP contribution is -2.14. The fourth-order valence-electron chi connectivity index (χ4n) is 4.96. The Labute approximate surface area is 216 Å². The van der Waals surface area contributed by atoms with Crippen molar-refractivity contribution in [3.63, 3.8) is 0 Å². The zero-order chi connectivity index (χ0) is 26.0. The molecular weight excluding hydrogens is 436 g/mol. The van der Waals surface area contributed by atoms with E-state index in [-0.39, 0.29) is 0 Å². The van der Waals surface area contributed by atoms with Crippen LogP contribution in [-0.2, 0) is 0 Å². The van der Waals surface area contributed by atoms with Crippen molar-refractivity contribution in [2.75, 3.05) is 4.90 Å². The second kappa shape index (κ2) is 10.3. The van der Waals surface area contributed by atoms with Gasteiger partial charge in [-0.3, -0.25) is 0 Å². The molecule has 0 radical (unpaired) electrons. The molecule has 0 saturated carbocycles. The molecule has 4 rings (SSSR count). The molecule has 0 saturated heterocycles. The molecule has 2 heteroatoms. The van der Waals surface area contributed by atoms with Gasteiger partial charge in [-0.25, -0.2) is 0 Å². The Balaban J connectivity index is 1.78. The molecule has 0 bridgehead atoms. The number of rotatable bonds is 5. The van der Waals surface area contributed by atoms with E-state index in [1.54, 1.807) is 0 Å². The van der Waals surface area contributed by atoms with E-state index in [0.717, 1.165) is 39.3 Å². The van der Waals surface area contributed by atoms with Crippen molar-refractivity contribution in [2.24, 2.45) is 0 Å². The second-order valence-corrected chi connectivity index (χ2v) is 9.74. The third-order valence-corrected chi connectivity index (χ3v) is 6.96. The van der Waals surface area contributed by atoms with Crippen molar-refractivity contribution < 1.29 is 0 Å². The highest BCUT2D eigenvalue weighted by Gasteiger charge is 2.16. The first kappa shape index (κ1) is 25.0. The minimum atomic E-state index is 0.713. The maximum absolute atomic E-state index is 9.69. The van der Waals surface area contributed by atoms with Gasteiger partial charge >= 0.3 is 0 Å². The standard InChI is InChI=1S/C34H34N2/c1-8-27(7)36(29-11-15-32(25(5)19-29)31-13-9-22(2)17-24(31)4)30-12-16-33(26(6)20-30)34-14-10-23(3)18-28(34)21-35/h8-20H,1-7H3/b27-8+. The zero-order valence-electron chi connectivity index (χ0n) is 22.4. The van der Waals surface area contributed by atoms with E-state index in [0.29, 0.717) is 5.56 Å². The molecule has 0 heterocycles. The molecule has 0 spiro atoms. The molecule has 0 fully saturated rings. The third-order valence-electron chi connectivity index (χ3n) is 6.96. The number of hydrogen-bond acceptors (Lipinski definition) is 2. The van der Waals surface area contributed by atoms with E-state index in [4.69, 9.17) is 0 Å². The summed E-state index contributed by atoms with van der Waals surface area (Å²) >= 11 is 0. The Kier molecular flexibility index (Phi) is 7.13. The molecule has 0 amide bonds.